The van der Waals surface area contributed by atoms with Crippen molar-refractivity contribution in [1.82, 2.24) is 14.5 Å². The number of hydrogen-bond donors (Lipinski definition) is 1. The van der Waals surface area contributed by atoms with Crippen molar-refractivity contribution < 1.29 is 0 Å². The highest BCUT2D eigenvalue weighted by atomic mass is 16.1. The number of aromatic nitrogens is 2. The predicted molar refractivity (Wildman–Crippen MR) is 70.1 cm³/mol. The fourth-order valence-corrected chi connectivity index (χ4v) is 2.32. The summed E-state index contributed by atoms with van der Waals surface area (Å²) < 4.78 is 1.87. The highest BCUT2D eigenvalue weighted by Gasteiger charge is 2.21. The van der Waals surface area contributed by atoms with Crippen LogP contribution in [0.25, 0.3) is 6.08 Å². The second-order valence-electron chi connectivity index (χ2n) is 4.52. The van der Waals surface area contributed by atoms with Crippen LogP contribution < -0.4 is 5.69 Å². The Morgan fingerprint density at radius 2 is 2.18 bits per heavy atom. The summed E-state index contributed by atoms with van der Waals surface area (Å²) >= 11 is 0. The van der Waals surface area contributed by atoms with Gasteiger partial charge < -0.3 is 9.88 Å². The highest BCUT2D eigenvalue weighted by molar-refractivity contribution is 5.46. The van der Waals surface area contributed by atoms with Crippen LogP contribution in [0.1, 0.15) is 24.6 Å². The fourth-order valence-electron chi connectivity index (χ4n) is 2.32. The van der Waals surface area contributed by atoms with Gasteiger partial charge in [0.05, 0.1) is 5.69 Å². The largest absolute Gasteiger partial charge is 0.326 e. The van der Waals surface area contributed by atoms with Gasteiger partial charge in [0, 0.05) is 12.2 Å². The Morgan fingerprint density at radius 3 is 2.82 bits per heavy atom. The first-order valence-electron chi connectivity index (χ1n) is 6.00. The quantitative estimate of drug-likeness (QED) is 0.806. The first kappa shape index (κ1) is 11.9. The normalized spacial score (nSPS) is 18.9. The molecule has 2 heterocycles. The Morgan fingerprint density at radius 1 is 1.47 bits per heavy atom. The lowest BCUT2D eigenvalue weighted by atomic mass is 10.1. The molecular formula is C13H19N3O. The molecule has 4 nitrogen and oxygen atoms in total. The number of imidazole rings is 1. The Hall–Kier alpha value is -1.55. The zero-order valence-electron chi connectivity index (χ0n) is 10.2. The lowest BCUT2D eigenvalue weighted by Gasteiger charge is -2.29. The van der Waals surface area contributed by atoms with E-state index in [4.69, 9.17) is 0 Å². The van der Waals surface area contributed by atoms with Crippen LogP contribution in [0, 0.1) is 0 Å². The molecule has 1 aromatic rings. The van der Waals surface area contributed by atoms with Crippen LogP contribution in [0.3, 0.4) is 0 Å². The number of hydrogen-bond acceptors (Lipinski definition) is 2. The molecule has 0 amide bonds. The van der Waals surface area contributed by atoms with Crippen LogP contribution in [-0.4, -0.2) is 34.6 Å². The van der Waals surface area contributed by atoms with E-state index in [9.17, 15) is 4.79 Å². The molecule has 17 heavy (non-hydrogen) atoms. The van der Waals surface area contributed by atoms with Gasteiger partial charge in [-0.1, -0.05) is 18.7 Å². The molecule has 1 saturated heterocycles. The number of nitrogens with zero attached hydrogens (tertiary/aromatic N) is 2. The van der Waals surface area contributed by atoms with Gasteiger partial charge in [0.2, 0.25) is 0 Å². The van der Waals surface area contributed by atoms with E-state index in [1.165, 1.54) is 0 Å². The first-order chi connectivity index (χ1) is 8.22. The van der Waals surface area contributed by atoms with Gasteiger partial charge in [-0.3, -0.25) is 4.57 Å². The van der Waals surface area contributed by atoms with E-state index in [0.717, 1.165) is 31.6 Å². The van der Waals surface area contributed by atoms with Gasteiger partial charge in [-0.15, -0.1) is 0 Å². The molecular weight excluding hydrogens is 214 g/mol. The van der Waals surface area contributed by atoms with Crippen LogP contribution in [-0.2, 0) is 0 Å². The molecule has 1 fully saturated rings. The van der Waals surface area contributed by atoms with Crippen LogP contribution in [0.15, 0.2) is 29.7 Å². The summed E-state index contributed by atoms with van der Waals surface area (Å²) in [5.74, 6) is 0. The number of rotatable bonds is 3. The predicted octanol–water partition coefficient (Wildman–Crippen LogP) is 1.64. The minimum atomic E-state index is -0.0109. The lowest BCUT2D eigenvalue weighted by Crippen LogP contribution is -2.35. The standard InChI is InChI=1S/C13H19N3O/c1-3-4-5-12-10-14-13(17)16(12)11-6-8-15(2)9-7-11/h3-5,10-11H,1,6-9H2,2H3,(H,14,17)/b5-4-. The molecule has 1 N–H and O–H groups in total. The van der Waals surface area contributed by atoms with Crippen LogP contribution >= 0.6 is 0 Å². The number of H-pyrrole nitrogens is 1. The summed E-state index contributed by atoms with van der Waals surface area (Å²) in [4.78, 5) is 16.9. The number of likely N-dealkylation sites (tertiary alicyclic amines) is 1. The minimum absolute atomic E-state index is 0.0109. The second kappa shape index (κ2) is 5.19. The van der Waals surface area contributed by atoms with Crippen molar-refractivity contribution in [3.63, 3.8) is 0 Å². The van der Waals surface area contributed by atoms with Crippen LogP contribution in [0.2, 0.25) is 0 Å². The van der Waals surface area contributed by atoms with Crippen molar-refractivity contribution in [2.45, 2.75) is 18.9 Å². The first-order valence-corrected chi connectivity index (χ1v) is 6.00. The Balaban J connectivity index is 2.24. The molecule has 4 heteroatoms. The van der Waals surface area contributed by atoms with Gasteiger partial charge in [0.1, 0.15) is 0 Å². The molecule has 0 bridgehead atoms. The molecule has 92 valence electrons. The Bertz CT molecular complexity index is 461. The van der Waals surface area contributed by atoms with E-state index in [2.05, 4.69) is 23.5 Å². The molecule has 0 radical (unpaired) electrons. The van der Waals surface area contributed by atoms with E-state index in [0.29, 0.717) is 6.04 Å². The summed E-state index contributed by atoms with van der Waals surface area (Å²) in [6.07, 6.45) is 9.32. The maximum Gasteiger partial charge on any atom is 0.326 e. The molecule has 0 aliphatic carbocycles. The molecule has 2 rings (SSSR count). The van der Waals surface area contributed by atoms with E-state index in [-0.39, 0.29) is 5.69 Å². The maximum atomic E-state index is 11.8. The van der Waals surface area contributed by atoms with E-state index in [1.807, 2.05) is 16.7 Å². The molecule has 0 spiro atoms. The molecule has 1 aliphatic heterocycles. The van der Waals surface area contributed by atoms with Crippen molar-refractivity contribution >= 4 is 6.08 Å². The molecule has 1 aromatic heterocycles. The van der Waals surface area contributed by atoms with Gasteiger partial charge in [-0.05, 0) is 39.1 Å². The molecule has 0 aromatic carbocycles. The van der Waals surface area contributed by atoms with Crippen LogP contribution in [0.4, 0.5) is 0 Å². The number of aromatic amines is 1. The van der Waals surface area contributed by atoms with Crippen molar-refractivity contribution in [2.75, 3.05) is 20.1 Å². The van der Waals surface area contributed by atoms with Gasteiger partial charge in [0.25, 0.3) is 0 Å². The van der Waals surface area contributed by atoms with Crippen molar-refractivity contribution in [3.8, 4) is 0 Å². The van der Waals surface area contributed by atoms with E-state index >= 15 is 0 Å². The van der Waals surface area contributed by atoms with Crippen molar-refractivity contribution in [3.05, 3.63) is 41.1 Å². The highest BCUT2D eigenvalue weighted by Crippen LogP contribution is 2.21. The third-order valence-electron chi connectivity index (χ3n) is 3.30. The third kappa shape index (κ3) is 2.58. The van der Waals surface area contributed by atoms with Crippen LogP contribution in [0.5, 0.6) is 0 Å². The maximum absolute atomic E-state index is 11.8. The summed E-state index contributed by atoms with van der Waals surface area (Å²) in [5, 5.41) is 0. The van der Waals surface area contributed by atoms with Crippen molar-refractivity contribution in [2.24, 2.45) is 0 Å². The number of nitrogens with one attached hydrogen (secondary N) is 1. The summed E-state index contributed by atoms with van der Waals surface area (Å²) in [6, 6.07) is 0.314. The summed E-state index contributed by atoms with van der Waals surface area (Å²) in [5.41, 5.74) is 0.924. The fraction of sp³-hybridized carbons (Fsp3) is 0.462. The summed E-state index contributed by atoms with van der Waals surface area (Å²) in [7, 11) is 2.12. The zero-order valence-corrected chi connectivity index (χ0v) is 10.2. The molecule has 0 unspecified atom stereocenters. The Kier molecular flexibility index (Phi) is 3.64. The molecule has 0 atom stereocenters. The average molecular weight is 233 g/mol. The van der Waals surface area contributed by atoms with Gasteiger partial charge >= 0.3 is 5.69 Å². The lowest BCUT2D eigenvalue weighted by molar-refractivity contribution is 0.218. The Labute approximate surface area is 101 Å². The van der Waals surface area contributed by atoms with E-state index in [1.54, 1.807) is 12.3 Å². The zero-order chi connectivity index (χ0) is 12.3. The number of allylic oxidation sites excluding steroid dienone is 2. The van der Waals surface area contributed by atoms with Gasteiger partial charge in [-0.2, -0.15) is 0 Å². The van der Waals surface area contributed by atoms with Gasteiger partial charge in [0.15, 0.2) is 0 Å². The summed E-state index contributed by atoms with van der Waals surface area (Å²) in [6.45, 7) is 5.74. The number of piperidine rings is 1. The monoisotopic (exact) mass is 233 g/mol. The van der Waals surface area contributed by atoms with Gasteiger partial charge in [-0.25, -0.2) is 4.79 Å². The van der Waals surface area contributed by atoms with E-state index < -0.39 is 0 Å². The minimum Gasteiger partial charge on any atom is -0.312 e. The molecule has 1 aliphatic rings. The molecule has 0 saturated carbocycles. The third-order valence-corrected chi connectivity index (χ3v) is 3.30. The topological polar surface area (TPSA) is 41.0 Å². The smallest absolute Gasteiger partial charge is 0.312 e. The second-order valence-corrected chi connectivity index (χ2v) is 4.52. The SMILES string of the molecule is C=C/C=C\c1c[nH]c(=O)n1C1CCN(C)CC1. The average Bonchev–Trinajstić information content (AvgIpc) is 2.69. The van der Waals surface area contributed by atoms with Crippen molar-refractivity contribution in [1.29, 1.82) is 0 Å².